The van der Waals surface area contributed by atoms with Gasteiger partial charge in [0.2, 0.25) is 0 Å². The summed E-state index contributed by atoms with van der Waals surface area (Å²) in [6, 6.07) is 0. The Morgan fingerprint density at radius 1 is 1.56 bits per heavy atom. The average molecular weight is 219 g/mol. The van der Waals surface area contributed by atoms with Gasteiger partial charge in [-0.05, 0) is 20.8 Å². The van der Waals surface area contributed by atoms with Crippen LogP contribution in [0.25, 0.3) is 5.57 Å². The lowest BCUT2D eigenvalue weighted by atomic mass is 10.2. The van der Waals surface area contributed by atoms with Crippen molar-refractivity contribution in [2.75, 3.05) is 11.9 Å². The number of ether oxygens (including phenoxy) is 1. The lowest BCUT2D eigenvalue weighted by Gasteiger charge is -2.05. The van der Waals surface area contributed by atoms with E-state index in [-0.39, 0.29) is 5.91 Å². The van der Waals surface area contributed by atoms with Crippen LogP contribution in [-0.2, 0) is 9.53 Å². The number of carbonyl (C=O) groups excluding carboxylic acids is 1. The highest BCUT2D eigenvalue weighted by atomic mass is 16.5. The Bertz CT molecular complexity index is 480. The van der Waals surface area contributed by atoms with Crippen molar-refractivity contribution in [2.45, 2.75) is 20.8 Å². The van der Waals surface area contributed by atoms with Gasteiger partial charge in [-0.3, -0.25) is 4.79 Å². The van der Waals surface area contributed by atoms with Gasteiger partial charge in [-0.25, -0.2) is 9.97 Å². The van der Waals surface area contributed by atoms with Crippen LogP contribution in [-0.4, -0.2) is 22.5 Å². The number of aromatic nitrogens is 2. The lowest BCUT2D eigenvalue weighted by Crippen LogP contribution is -2.06. The lowest BCUT2D eigenvalue weighted by molar-refractivity contribution is -0.111. The fourth-order valence-corrected chi connectivity index (χ4v) is 1.66. The normalized spacial score (nSPS) is 16.8. The number of fused-ring (bicyclic) bond motifs is 1. The number of hydrogen-bond acceptors (Lipinski definition) is 4. The monoisotopic (exact) mass is 219 g/mol. The van der Waals surface area contributed by atoms with E-state index in [9.17, 15) is 4.79 Å². The van der Waals surface area contributed by atoms with E-state index in [1.165, 1.54) is 0 Å². The van der Waals surface area contributed by atoms with E-state index in [1.54, 1.807) is 20.0 Å². The van der Waals surface area contributed by atoms with Crippen LogP contribution in [0.3, 0.4) is 0 Å². The molecular formula is C11H13N3O2. The molecule has 0 aliphatic carbocycles. The van der Waals surface area contributed by atoms with Crippen LogP contribution in [0.1, 0.15) is 25.4 Å². The molecule has 5 nitrogen and oxygen atoms in total. The van der Waals surface area contributed by atoms with Crippen molar-refractivity contribution in [3.05, 3.63) is 23.5 Å². The van der Waals surface area contributed by atoms with Crippen molar-refractivity contribution in [3.63, 3.8) is 0 Å². The highest BCUT2D eigenvalue weighted by molar-refractivity contribution is 6.31. The Kier molecular flexibility index (Phi) is 2.60. The number of rotatable bonds is 2. The maximum atomic E-state index is 11.7. The third-order valence-corrected chi connectivity index (χ3v) is 2.33. The molecule has 1 amide bonds. The fraction of sp³-hybridized carbons (Fsp3) is 0.364. The van der Waals surface area contributed by atoms with Gasteiger partial charge in [0.15, 0.2) is 0 Å². The molecule has 1 aliphatic heterocycles. The van der Waals surface area contributed by atoms with Gasteiger partial charge >= 0.3 is 0 Å². The van der Waals surface area contributed by atoms with Gasteiger partial charge < -0.3 is 10.1 Å². The molecule has 0 aromatic carbocycles. The Morgan fingerprint density at radius 3 is 3.00 bits per heavy atom. The number of nitrogens with zero attached hydrogens (tertiary/aromatic N) is 2. The molecule has 0 spiro atoms. The largest absolute Gasteiger partial charge is 0.498 e. The van der Waals surface area contributed by atoms with Gasteiger partial charge in [0.25, 0.3) is 5.91 Å². The van der Waals surface area contributed by atoms with E-state index in [4.69, 9.17) is 4.74 Å². The molecule has 0 atom stereocenters. The Hall–Kier alpha value is -1.91. The maximum absolute atomic E-state index is 11.7. The predicted octanol–water partition coefficient (Wildman–Crippen LogP) is 1.50. The molecule has 1 N–H and O–H groups in total. The van der Waals surface area contributed by atoms with Crippen molar-refractivity contribution in [1.29, 1.82) is 0 Å². The Balaban J connectivity index is 2.54. The van der Waals surface area contributed by atoms with Gasteiger partial charge in [-0.15, -0.1) is 0 Å². The zero-order chi connectivity index (χ0) is 11.7. The second-order valence-electron chi connectivity index (χ2n) is 3.50. The third kappa shape index (κ3) is 1.64. The second-order valence-corrected chi connectivity index (χ2v) is 3.50. The number of nitrogens with one attached hydrogen (secondary N) is 1. The molecule has 0 saturated carbocycles. The summed E-state index contributed by atoms with van der Waals surface area (Å²) >= 11 is 0. The standard InChI is InChI=1S/C11H13N3O2/c1-4-16-6(2)9-10-8(14-11(9)15)5-12-7(3)13-10/h5H,4H2,1-3H3,(H,14,15)/b9-6-. The summed E-state index contributed by atoms with van der Waals surface area (Å²) in [5, 5.41) is 2.71. The zero-order valence-corrected chi connectivity index (χ0v) is 9.50. The summed E-state index contributed by atoms with van der Waals surface area (Å²) in [5.41, 5.74) is 1.77. The first-order chi connectivity index (χ1) is 7.63. The molecule has 16 heavy (non-hydrogen) atoms. The quantitative estimate of drug-likeness (QED) is 0.604. The van der Waals surface area contributed by atoms with Crippen LogP contribution < -0.4 is 5.32 Å². The number of hydrogen-bond donors (Lipinski definition) is 1. The van der Waals surface area contributed by atoms with Crippen molar-refractivity contribution in [1.82, 2.24) is 9.97 Å². The topological polar surface area (TPSA) is 64.1 Å². The first kappa shape index (κ1) is 10.6. The van der Waals surface area contributed by atoms with Crippen molar-refractivity contribution < 1.29 is 9.53 Å². The molecule has 0 unspecified atom stereocenters. The average Bonchev–Trinajstić information content (AvgIpc) is 2.53. The minimum Gasteiger partial charge on any atom is -0.498 e. The van der Waals surface area contributed by atoms with E-state index < -0.39 is 0 Å². The molecule has 1 aromatic heterocycles. The molecule has 5 heteroatoms. The predicted molar refractivity (Wildman–Crippen MR) is 59.6 cm³/mol. The molecule has 84 valence electrons. The van der Waals surface area contributed by atoms with Crippen LogP contribution in [0, 0.1) is 6.92 Å². The van der Waals surface area contributed by atoms with Crippen LogP contribution in [0.5, 0.6) is 0 Å². The molecule has 0 fully saturated rings. The maximum Gasteiger partial charge on any atom is 0.261 e. The molecule has 0 saturated heterocycles. The third-order valence-electron chi connectivity index (χ3n) is 2.33. The van der Waals surface area contributed by atoms with Crippen LogP contribution >= 0.6 is 0 Å². The number of carbonyl (C=O) groups is 1. The Morgan fingerprint density at radius 2 is 2.31 bits per heavy atom. The van der Waals surface area contributed by atoms with Crippen molar-refractivity contribution >= 4 is 17.2 Å². The minimum atomic E-state index is -0.180. The minimum absolute atomic E-state index is 0.180. The number of allylic oxidation sites excluding steroid dienone is 1. The summed E-state index contributed by atoms with van der Waals surface area (Å²) < 4.78 is 5.35. The first-order valence-corrected chi connectivity index (χ1v) is 5.12. The van der Waals surface area contributed by atoms with Crippen LogP contribution in [0.15, 0.2) is 12.0 Å². The molecule has 1 aliphatic rings. The summed E-state index contributed by atoms with van der Waals surface area (Å²) in [7, 11) is 0. The van der Waals surface area contributed by atoms with E-state index in [0.29, 0.717) is 35.1 Å². The summed E-state index contributed by atoms with van der Waals surface area (Å²) in [6.07, 6.45) is 1.61. The molecule has 2 heterocycles. The smallest absolute Gasteiger partial charge is 0.261 e. The molecule has 2 rings (SSSR count). The van der Waals surface area contributed by atoms with Gasteiger partial charge in [0, 0.05) is 0 Å². The Labute approximate surface area is 93.6 Å². The van der Waals surface area contributed by atoms with E-state index in [2.05, 4.69) is 15.3 Å². The second kappa shape index (κ2) is 3.92. The van der Waals surface area contributed by atoms with Crippen LogP contribution in [0.2, 0.25) is 0 Å². The van der Waals surface area contributed by atoms with Gasteiger partial charge in [-0.2, -0.15) is 0 Å². The van der Waals surface area contributed by atoms with E-state index in [1.807, 2.05) is 6.92 Å². The number of aryl methyl sites for hydroxylation is 1. The van der Waals surface area contributed by atoms with E-state index in [0.717, 1.165) is 0 Å². The summed E-state index contributed by atoms with van der Waals surface area (Å²) in [6.45, 7) is 5.97. The number of amides is 1. The van der Waals surface area contributed by atoms with Gasteiger partial charge in [0.1, 0.15) is 22.9 Å². The molecule has 0 radical (unpaired) electrons. The van der Waals surface area contributed by atoms with Crippen LogP contribution in [0.4, 0.5) is 5.69 Å². The summed E-state index contributed by atoms with van der Waals surface area (Å²) in [4.78, 5) is 20.0. The molecular weight excluding hydrogens is 206 g/mol. The molecule has 1 aromatic rings. The van der Waals surface area contributed by atoms with Gasteiger partial charge in [0.05, 0.1) is 18.5 Å². The fourth-order valence-electron chi connectivity index (χ4n) is 1.66. The van der Waals surface area contributed by atoms with Crippen molar-refractivity contribution in [3.8, 4) is 0 Å². The van der Waals surface area contributed by atoms with Crippen molar-refractivity contribution in [2.24, 2.45) is 0 Å². The zero-order valence-electron chi connectivity index (χ0n) is 9.50. The first-order valence-electron chi connectivity index (χ1n) is 5.12. The number of anilines is 1. The SMILES string of the molecule is CCO/C(C)=C1\C(=O)Nc2cnc(C)nc21. The summed E-state index contributed by atoms with van der Waals surface area (Å²) in [5.74, 6) is 1.05. The highest BCUT2D eigenvalue weighted by Crippen LogP contribution is 2.31. The molecule has 0 bridgehead atoms. The van der Waals surface area contributed by atoms with Gasteiger partial charge in [-0.1, -0.05) is 0 Å². The highest BCUT2D eigenvalue weighted by Gasteiger charge is 2.29. The van der Waals surface area contributed by atoms with E-state index >= 15 is 0 Å².